The SMILES string of the molecule is Cc1cc(Cc2ccc(-c3ccc(-n4c5ccccc5c5ccccc54)cc3C)c(C)c2)ccc1-c1ccc(-n2c3ccccc3c3ccccc32)cc1C. The van der Waals surface area contributed by atoms with Gasteiger partial charge in [-0.05, 0) is 138 Å². The number of hydrogen-bond donors (Lipinski definition) is 0. The van der Waals surface area contributed by atoms with E-state index in [0.29, 0.717) is 0 Å². The van der Waals surface area contributed by atoms with Crippen molar-refractivity contribution in [3.8, 4) is 33.6 Å². The Kier molecular flexibility index (Phi) is 7.81. The number of rotatable bonds is 6. The fraction of sp³-hybridized carbons (Fsp3) is 0.0943. The van der Waals surface area contributed by atoms with E-state index in [1.807, 2.05) is 0 Å². The Morgan fingerprint density at radius 3 is 0.909 bits per heavy atom. The number of para-hydroxylation sites is 4. The van der Waals surface area contributed by atoms with E-state index in [4.69, 9.17) is 0 Å². The van der Waals surface area contributed by atoms with Gasteiger partial charge in [-0.25, -0.2) is 0 Å². The van der Waals surface area contributed by atoms with Crippen LogP contribution in [0.2, 0.25) is 0 Å². The molecular weight excluding hydrogens is 665 g/mol. The van der Waals surface area contributed by atoms with Crippen LogP contribution in [0.5, 0.6) is 0 Å². The molecule has 8 aromatic carbocycles. The minimum atomic E-state index is 0.902. The molecule has 10 aromatic rings. The summed E-state index contributed by atoms with van der Waals surface area (Å²) >= 11 is 0. The van der Waals surface area contributed by atoms with Crippen LogP contribution in [-0.4, -0.2) is 9.13 Å². The van der Waals surface area contributed by atoms with Crippen molar-refractivity contribution in [1.29, 1.82) is 0 Å². The van der Waals surface area contributed by atoms with Crippen molar-refractivity contribution < 1.29 is 0 Å². The highest BCUT2D eigenvalue weighted by atomic mass is 15.0. The normalized spacial score (nSPS) is 11.7. The molecule has 0 N–H and O–H groups in total. The lowest BCUT2D eigenvalue weighted by Crippen LogP contribution is -1.97. The molecule has 0 aliphatic rings. The van der Waals surface area contributed by atoms with Crippen LogP contribution in [0.25, 0.3) is 77.2 Å². The third-order valence-electron chi connectivity index (χ3n) is 11.7. The van der Waals surface area contributed by atoms with Gasteiger partial charge >= 0.3 is 0 Å². The third kappa shape index (κ3) is 5.48. The molecule has 0 unspecified atom stereocenters. The van der Waals surface area contributed by atoms with E-state index in [2.05, 4.69) is 207 Å². The summed E-state index contributed by atoms with van der Waals surface area (Å²) in [6, 6.07) is 62.7. The van der Waals surface area contributed by atoms with Gasteiger partial charge in [0.05, 0.1) is 22.1 Å². The first-order valence-electron chi connectivity index (χ1n) is 19.3. The van der Waals surface area contributed by atoms with Gasteiger partial charge < -0.3 is 9.13 Å². The first kappa shape index (κ1) is 33.0. The number of hydrogen-bond acceptors (Lipinski definition) is 0. The van der Waals surface area contributed by atoms with Crippen molar-refractivity contribution in [1.82, 2.24) is 9.13 Å². The molecule has 264 valence electrons. The third-order valence-corrected chi connectivity index (χ3v) is 11.7. The highest BCUT2D eigenvalue weighted by molar-refractivity contribution is 6.10. The second kappa shape index (κ2) is 13.0. The molecule has 0 fully saturated rings. The highest BCUT2D eigenvalue weighted by Crippen LogP contribution is 2.37. The van der Waals surface area contributed by atoms with Crippen molar-refractivity contribution >= 4 is 43.6 Å². The molecule has 0 aliphatic heterocycles. The van der Waals surface area contributed by atoms with E-state index in [1.165, 1.54) is 111 Å². The topological polar surface area (TPSA) is 9.86 Å². The van der Waals surface area contributed by atoms with E-state index in [-0.39, 0.29) is 0 Å². The van der Waals surface area contributed by atoms with Crippen LogP contribution in [0.4, 0.5) is 0 Å². The number of fused-ring (bicyclic) bond motifs is 6. The minimum Gasteiger partial charge on any atom is -0.309 e. The molecule has 2 aromatic heterocycles. The average molecular weight is 707 g/mol. The maximum Gasteiger partial charge on any atom is 0.0541 e. The number of aromatic nitrogens is 2. The fourth-order valence-electron chi connectivity index (χ4n) is 9.09. The van der Waals surface area contributed by atoms with Crippen LogP contribution in [-0.2, 0) is 6.42 Å². The number of nitrogens with zero attached hydrogens (tertiary/aromatic N) is 2. The second-order valence-corrected chi connectivity index (χ2v) is 15.2. The predicted molar refractivity (Wildman–Crippen MR) is 234 cm³/mol. The van der Waals surface area contributed by atoms with E-state index in [1.54, 1.807) is 0 Å². The van der Waals surface area contributed by atoms with E-state index in [9.17, 15) is 0 Å². The highest BCUT2D eigenvalue weighted by Gasteiger charge is 2.16. The van der Waals surface area contributed by atoms with Crippen molar-refractivity contribution in [3.05, 3.63) is 203 Å². The van der Waals surface area contributed by atoms with Gasteiger partial charge in [-0.1, -0.05) is 121 Å². The Hall–Kier alpha value is -6.64. The Labute approximate surface area is 322 Å². The summed E-state index contributed by atoms with van der Waals surface area (Å²) in [7, 11) is 0. The fourth-order valence-corrected chi connectivity index (χ4v) is 9.09. The lowest BCUT2D eigenvalue weighted by atomic mass is 9.91. The predicted octanol–water partition coefficient (Wildman–Crippen LogP) is 14.0. The maximum absolute atomic E-state index is 2.40. The quantitative estimate of drug-likeness (QED) is 0.163. The van der Waals surface area contributed by atoms with Gasteiger partial charge in [-0.15, -0.1) is 0 Å². The van der Waals surface area contributed by atoms with Crippen LogP contribution in [0, 0.1) is 27.7 Å². The molecule has 0 atom stereocenters. The number of aryl methyl sites for hydroxylation is 4. The molecule has 10 rings (SSSR count). The van der Waals surface area contributed by atoms with Crippen LogP contribution in [0.15, 0.2) is 170 Å². The summed E-state index contributed by atoms with van der Waals surface area (Å²) in [5, 5.41) is 5.15. The van der Waals surface area contributed by atoms with Gasteiger partial charge in [0.25, 0.3) is 0 Å². The first-order chi connectivity index (χ1) is 26.9. The molecule has 0 bridgehead atoms. The largest absolute Gasteiger partial charge is 0.309 e. The Morgan fingerprint density at radius 2 is 0.600 bits per heavy atom. The Morgan fingerprint density at radius 1 is 0.309 bits per heavy atom. The molecule has 2 heteroatoms. The summed E-state index contributed by atoms with van der Waals surface area (Å²) in [4.78, 5) is 0. The Bertz CT molecular complexity index is 2800. The molecule has 0 aliphatic carbocycles. The monoisotopic (exact) mass is 706 g/mol. The van der Waals surface area contributed by atoms with Crippen molar-refractivity contribution in [2.24, 2.45) is 0 Å². The van der Waals surface area contributed by atoms with Crippen molar-refractivity contribution in [3.63, 3.8) is 0 Å². The van der Waals surface area contributed by atoms with Crippen molar-refractivity contribution in [2.45, 2.75) is 34.1 Å². The molecule has 0 saturated carbocycles. The zero-order valence-corrected chi connectivity index (χ0v) is 31.8. The average Bonchev–Trinajstić information content (AvgIpc) is 3.72. The van der Waals surface area contributed by atoms with E-state index in [0.717, 1.165) is 6.42 Å². The number of benzene rings is 8. The van der Waals surface area contributed by atoms with Gasteiger partial charge in [-0.2, -0.15) is 0 Å². The molecule has 0 amide bonds. The smallest absolute Gasteiger partial charge is 0.0541 e. The van der Waals surface area contributed by atoms with Gasteiger partial charge in [0.2, 0.25) is 0 Å². The summed E-state index contributed by atoms with van der Waals surface area (Å²) in [5.41, 5.74) is 20.3. The molecule has 2 nitrogen and oxygen atoms in total. The molecule has 55 heavy (non-hydrogen) atoms. The summed E-state index contributed by atoms with van der Waals surface area (Å²) in [5.74, 6) is 0. The van der Waals surface area contributed by atoms with Crippen molar-refractivity contribution in [2.75, 3.05) is 0 Å². The van der Waals surface area contributed by atoms with Crippen LogP contribution >= 0.6 is 0 Å². The van der Waals surface area contributed by atoms with Crippen LogP contribution in [0.3, 0.4) is 0 Å². The van der Waals surface area contributed by atoms with Gasteiger partial charge in [0.1, 0.15) is 0 Å². The summed E-state index contributed by atoms with van der Waals surface area (Å²) in [6.45, 7) is 8.98. The standard InChI is InChI=1S/C53H42N2/c1-34-29-38(21-25-42(34)44-27-23-40(31-36(44)3)54-50-17-9-5-13-46(50)47-14-6-10-18-51(47)54)33-39-22-26-43(35(2)30-39)45-28-24-41(32-37(45)4)55-52-19-11-7-15-48(52)49-16-8-12-20-53(49)55/h5-32H,33H2,1-4H3. The first-order valence-corrected chi connectivity index (χ1v) is 19.3. The molecular formula is C53H42N2. The van der Waals surface area contributed by atoms with Crippen LogP contribution in [0.1, 0.15) is 33.4 Å². The Balaban J connectivity index is 0.910. The molecule has 0 saturated heterocycles. The van der Waals surface area contributed by atoms with Gasteiger partial charge in [0, 0.05) is 32.9 Å². The maximum atomic E-state index is 2.40. The van der Waals surface area contributed by atoms with Crippen LogP contribution < -0.4 is 0 Å². The molecule has 0 spiro atoms. The summed E-state index contributed by atoms with van der Waals surface area (Å²) in [6.07, 6.45) is 0.902. The molecule has 2 heterocycles. The zero-order valence-electron chi connectivity index (χ0n) is 31.8. The van der Waals surface area contributed by atoms with Gasteiger partial charge in [0.15, 0.2) is 0 Å². The second-order valence-electron chi connectivity index (χ2n) is 15.2. The van der Waals surface area contributed by atoms with Gasteiger partial charge in [-0.3, -0.25) is 0 Å². The lowest BCUT2D eigenvalue weighted by molar-refractivity contribution is 1.16. The summed E-state index contributed by atoms with van der Waals surface area (Å²) < 4.78 is 4.79. The minimum absolute atomic E-state index is 0.902. The molecule has 0 radical (unpaired) electrons. The van der Waals surface area contributed by atoms with E-state index < -0.39 is 0 Å². The van der Waals surface area contributed by atoms with E-state index >= 15 is 0 Å². The lowest BCUT2D eigenvalue weighted by Gasteiger charge is -2.16. The zero-order chi connectivity index (χ0) is 37.2.